The van der Waals surface area contributed by atoms with Crippen molar-refractivity contribution in [3.8, 4) is 11.5 Å². The smallest absolute Gasteiger partial charge is 0.255 e. The number of ether oxygens (including phenoxy) is 2. The molecule has 0 spiro atoms. The molecule has 164 valence electrons. The molecule has 0 aromatic heterocycles. The second-order valence-corrected chi connectivity index (χ2v) is 8.36. The van der Waals surface area contributed by atoms with E-state index in [0.717, 1.165) is 33.5 Å². The van der Waals surface area contributed by atoms with Gasteiger partial charge >= 0.3 is 0 Å². The highest BCUT2D eigenvalue weighted by molar-refractivity contribution is 9.10. The van der Waals surface area contributed by atoms with Gasteiger partial charge in [0.25, 0.3) is 5.91 Å². The fourth-order valence-electron chi connectivity index (χ4n) is 3.28. The Hall–Kier alpha value is -3.32. The van der Waals surface area contributed by atoms with Gasteiger partial charge in [-0.3, -0.25) is 9.59 Å². The molecule has 6 nitrogen and oxygen atoms in total. The molecule has 0 unspecified atom stereocenters. The van der Waals surface area contributed by atoms with Crippen LogP contribution in [0, 0.1) is 0 Å². The van der Waals surface area contributed by atoms with Gasteiger partial charge in [0.15, 0.2) is 11.5 Å². The van der Waals surface area contributed by atoms with Crippen molar-refractivity contribution in [3.63, 3.8) is 0 Å². The van der Waals surface area contributed by atoms with E-state index in [1.165, 1.54) is 0 Å². The minimum absolute atomic E-state index is 0.0799. The second kappa shape index (κ2) is 10.3. The molecule has 0 atom stereocenters. The van der Waals surface area contributed by atoms with E-state index in [1.807, 2.05) is 42.5 Å². The SMILES string of the molecule is O=C(Cc1ccc(NC(=O)c2ccc(Br)cc2)cc1)NCc1ccc2c(c1)OCCCO2. The fourth-order valence-corrected chi connectivity index (χ4v) is 3.54. The summed E-state index contributed by atoms with van der Waals surface area (Å²) in [6.07, 6.45) is 1.11. The van der Waals surface area contributed by atoms with Crippen molar-refractivity contribution in [3.05, 3.63) is 87.9 Å². The molecule has 3 aromatic rings. The van der Waals surface area contributed by atoms with Gasteiger partial charge < -0.3 is 20.1 Å². The van der Waals surface area contributed by atoms with Crippen LogP contribution in [0.5, 0.6) is 11.5 Å². The molecule has 2 N–H and O–H groups in total. The average Bonchev–Trinajstić information content (AvgIpc) is 3.04. The number of hydrogen-bond acceptors (Lipinski definition) is 4. The van der Waals surface area contributed by atoms with E-state index in [-0.39, 0.29) is 18.2 Å². The zero-order valence-corrected chi connectivity index (χ0v) is 19.0. The van der Waals surface area contributed by atoms with Gasteiger partial charge in [-0.1, -0.05) is 34.1 Å². The van der Waals surface area contributed by atoms with E-state index in [9.17, 15) is 9.59 Å². The number of nitrogens with one attached hydrogen (secondary N) is 2. The molecule has 1 aliphatic rings. The number of halogens is 1. The van der Waals surface area contributed by atoms with Crippen LogP contribution in [0.4, 0.5) is 5.69 Å². The number of rotatable bonds is 6. The van der Waals surface area contributed by atoms with Gasteiger partial charge in [-0.25, -0.2) is 0 Å². The van der Waals surface area contributed by atoms with Gasteiger partial charge in [-0.15, -0.1) is 0 Å². The number of carbonyl (C=O) groups excluding carboxylic acids is 2. The summed E-state index contributed by atoms with van der Waals surface area (Å²) < 4.78 is 12.2. The standard InChI is InChI=1S/C25H23BrN2O4/c26-20-7-5-19(6-8-20)25(30)28-21-9-2-17(3-10-21)15-24(29)27-16-18-4-11-22-23(14-18)32-13-1-12-31-22/h2-11,14H,1,12-13,15-16H2,(H,27,29)(H,28,30). The lowest BCUT2D eigenvalue weighted by Crippen LogP contribution is -2.24. The molecular formula is C25H23BrN2O4. The summed E-state index contributed by atoms with van der Waals surface area (Å²) in [6, 6.07) is 20.1. The quantitative estimate of drug-likeness (QED) is 0.519. The summed E-state index contributed by atoms with van der Waals surface area (Å²) in [7, 11) is 0. The molecule has 0 saturated carbocycles. The number of fused-ring (bicyclic) bond motifs is 1. The lowest BCUT2D eigenvalue weighted by atomic mass is 10.1. The number of benzene rings is 3. The van der Waals surface area contributed by atoms with Gasteiger partial charge in [-0.2, -0.15) is 0 Å². The van der Waals surface area contributed by atoms with Gasteiger partial charge in [0, 0.05) is 28.7 Å². The van der Waals surface area contributed by atoms with E-state index in [4.69, 9.17) is 9.47 Å². The lowest BCUT2D eigenvalue weighted by Gasteiger charge is -2.10. The van der Waals surface area contributed by atoms with Gasteiger partial charge in [0.05, 0.1) is 19.6 Å². The van der Waals surface area contributed by atoms with Crippen molar-refractivity contribution in [1.82, 2.24) is 5.32 Å². The largest absolute Gasteiger partial charge is 0.490 e. The van der Waals surface area contributed by atoms with Crippen LogP contribution in [0.1, 0.15) is 27.9 Å². The Morgan fingerprint density at radius 1 is 0.844 bits per heavy atom. The topological polar surface area (TPSA) is 76.7 Å². The summed E-state index contributed by atoms with van der Waals surface area (Å²) in [5, 5.41) is 5.79. The first kappa shape index (κ1) is 21.9. The molecule has 0 aliphatic carbocycles. The molecule has 3 aromatic carbocycles. The van der Waals surface area contributed by atoms with Crippen LogP contribution in [0.25, 0.3) is 0 Å². The van der Waals surface area contributed by atoms with Crippen molar-refractivity contribution < 1.29 is 19.1 Å². The van der Waals surface area contributed by atoms with Crippen molar-refractivity contribution in [2.24, 2.45) is 0 Å². The van der Waals surface area contributed by atoms with Crippen LogP contribution in [-0.2, 0) is 17.8 Å². The van der Waals surface area contributed by atoms with E-state index in [2.05, 4.69) is 26.6 Å². The molecule has 0 saturated heterocycles. The minimum atomic E-state index is -0.182. The Morgan fingerprint density at radius 2 is 1.53 bits per heavy atom. The maximum absolute atomic E-state index is 12.4. The predicted molar refractivity (Wildman–Crippen MR) is 126 cm³/mol. The molecular weight excluding hydrogens is 472 g/mol. The molecule has 0 bridgehead atoms. The monoisotopic (exact) mass is 494 g/mol. The Morgan fingerprint density at radius 3 is 2.28 bits per heavy atom. The Balaban J connectivity index is 1.28. The highest BCUT2D eigenvalue weighted by atomic mass is 79.9. The lowest BCUT2D eigenvalue weighted by molar-refractivity contribution is -0.120. The maximum atomic E-state index is 12.4. The predicted octanol–water partition coefficient (Wildman–Crippen LogP) is 4.72. The second-order valence-electron chi connectivity index (χ2n) is 7.44. The van der Waals surface area contributed by atoms with Crippen LogP contribution in [0.3, 0.4) is 0 Å². The molecule has 2 amide bonds. The van der Waals surface area contributed by atoms with E-state index in [1.54, 1.807) is 24.3 Å². The summed E-state index contributed by atoms with van der Waals surface area (Å²) >= 11 is 3.36. The van der Waals surface area contributed by atoms with Gasteiger partial charge in [0.1, 0.15) is 0 Å². The zero-order chi connectivity index (χ0) is 22.3. The first-order valence-corrected chi connectivity index (χ1v) is 11.2. The van der Waals surface area contributed by atoms with Crippen LogP contribution in [0.2, 0.25) is 0 Å². The van der Waals surface area contributed by atoms with E-state index >= 15 is 0 Å². The normalized spacial score (nSPS) is 12.5. The highest BCUT2D eigenvalue weighted by Crippen LogP contribution is 2.30. The first-order valence-electron chi connectivity index (χ1n) is 10.4. The highest BCUT2D eigenvalue weighted by Gasteiger charge is 2.11. The number of carbonyl (C=O) groups is 2. The molecule has 0 radical (unpaired) electrons. The van der Waals surface area contributed by atoms with Crippen molar-refractivity contribution >= 4 is 33.4 Å². The average molecular weight is 495 g/mol. The van der Waals surface area contributed by atoms with Crippen LogP contribution in [0.15, 0.2) is 71.2 Å². The summed E-state index contributed by atoms with van der Waals surface area (Å²) in [5.74, 6) is 1.20. The molecule has 7 heteroatoms. The number of hydrogen-bond donors (Lipinski definition) is 2. The zero-order valence-electron chi connectivity index (χ0n) is 17.4. The van der Waals surface area contributed by atoms with Crippen molar-refractivity contribution in [1.29, 1.82) is 0 Å². The van der Waals surface area contributed by atoms with Crippen LogP contribution >= 0.6 is 15.9 Å². The molecule has 0 fully saturated rings. The number of anilines is 1. The molecule has 32 heavy (non-hydrogen) atoms. The molecule has 1 heterocycles. The van der Waals surface area contributed by atoms with Crippen molar-refractivity contribution in [2.75, 3.05) is 18.5 Å². The third-order valence-corrected chi connectivity index (χ3v) is 5.51. The van der Waals surface area contributed by atoms with E-state index in [0.29, 0.717) is 31.0 Å². The minimum Gasteiger partial charge on any atom is -0.490 e. The van der Waals surface area contributed by atoms with Crippen LogP contribution < -0.4 is 20.1 Å². The molecule has 4 rings (SSSR count). The van der Waals surface area contributed by atoms with Gasteiger partial charge in [-0.05, 0) is 59.7 Å². The third-order valence-electron chi connectivity index (χ3n) is 4.98. The van der Waals surface area contributed by atoms with Crippen molar-refractivity contribution in [2.45, 2.75) is 19.4 Å². The fraction of sp³-hybridized carbons (Fsp3) is 0.200. The molecule has 1 aliphatic heterocycles. The van der Waals surface area contributed by atoms with Crippen LogP contribution in [-0.4, -0.2) is 25.0 Å². The Kier molecular flexibility index (Phi) is 7.07. The summed E-state index contributed by atoms with van der Waals surface area (Å²) in [6.45, 7) is 1.69. The summed E-state index contributed by atoms with van der Waals surface area (Å²) in [4.78, 5) is 24.7. The van der Waals surface area contributed by atoms with E-state index < -0.39 is 0 Å². The summed E-state index contributed by atoms with van der Waals surface area (Å²) in [5.41, 5.74) is 3.07. The Bertz CT molecular complexity index is 1100. The number of amides is 2. The van der Waals surface area contributed by atoms with Gasteiger partial charge in [0.2, 0.25) is 5.91 Å². The Labute approximate surface area is 195 Å². The maximum Gasteiger partial charge on any atom is 0.255 e. The third kappa shape index (κ3) is 5.88. The first-order chi connectivity index (χ1) is 15.6.